The molecule has 0 aliphatic heterocycles. The molecular weight excluding hydrogens is 304 g/mol. The van der Waals surface area contributed by atoms with Crippen LogP contribution in [0.25, 0.3) is 22.3 Å². The van der Waals surface area contributed by atoms with Crippen molar-refractivity contribution >= 4 is 28.7 Å². The summed E-state index contributed by atoms with van der Waals surface area (Å²) in [5, 5.41) is 3.15. The molecule has 3 aromatic rings. The highest BCUT2D eigenvalue weighted by atomic mass is 35.5. The zero-order valence-corrected chi connectivity index (χ0v) is 12.5. The van der Waals surface area contributed by atoms with E-state index in [1.54, 1.807) is 18.3 Å². The third-order valence-corrected chi connectivity index (χ3v) is 3.64. The highest BCUT2D eigenvalue weighted by molar-refractivity contribution is 6.30. The van der Waals surface area contributed by atoms with E-state index in [0.717, 1.165) is 11.1 Å². The molecule has 2 aromatic heterocycles. The number of rotatable bonds is 3. The largest absolute Gasteiger partial charge is 0.358 e. The number of imidazole rings is 1. The number of hydrogen-bond acceptors (Lipinski definition) is 3. The minimum Gasteiger partial charge on any atom is -0.358 e. The summed E-state index contributed by atoms with van der Waals surface area (Å²) in [4.78, 5) is 30.4. The summed E-state index contributed by atoms with van der Waals surface area (Å²) >= 11 is 5.89. The lowest BCUT2D eigenvalue weighted by Gasteiger charge is -2.04. The molecule has 6 nitrogen and oxygen atoms in total. The summed E-state index contributed by atoms with van der Waals surface area (Å²) in [6.45, 7) is -0.0545. The number of likely N-dealkylation sites (N-methyl/N-ethyl adjacent to an activating group) is 1. The highest BCUT2D eigenvalue weighted by Crippen LogP contribution is 2.23. The first-order valence-corrected chi connectivity index (χ1v) is 7.01. The van der Waals surface area contributed by atoms with Crippen LogP contribution in [-0.4, -0.2) is 27.5 Å². The number of nitrogens with zero attached hydrogens (tertiary/aromatic N) is 2. The molecule has 0 atom stereocenters. The minimum absolute atomic E-state index is 0.0545. The number of carbonyl (C=O) groups excluding carboxylic acids is 1. The molecule has 0 bridgehead atoms. The first-order chi connectivity index (χ1) is 10.6. The van der Waals surface area contributed by atoms with E-state index in [0.29, 0.717) is 16.2 Å². The molecule has 0 saturated carbocycles. The summed E-state index contributed by atoms with van der Waals surface area (Å²) in [6.07, 6.45) is 1.67. The number of fused-ring (bicyclic) bond motifs is 1. The topological polar surface area (TPSA) is 79.8 Å². The SMILES string of the molecule is CNC(=O)Cn1c(=O)[nH]c2ncc(-c3ccc(Cl)cc3)cc21. The quantitative estimate of drug-likeness (QED) is 0.773. The lowest BCUT2D eigenvalue weighted by atomic mass is 10.1. The van der Waals surface area contributed by atoms with Crippen LogP contribution in [0.3, 0.4) is 0 Å². The normalized spacial score (nSPS) is 10.8. The van der Waals surface area contributed by atoms with Gasteiger partial charge in [-0.15, -0.1) is 0 Å². The van der Waals surface area contributed by atoms with Crippen molar-refractivity contribution < 1.29 is 4.79 Å². The fourth-order valence-corrected chi connectivity index (χ4v) is 2.34. The van der Waals surface area contributed by atoms with Crippen molar-refractivity contribution in [2.75, 3.05) is 7.05 Å². The Morgan fingerprint density at radius 2 is 2.05 bits per heavy atom. The second-order valence-electron chi connectivity index (χ2n) is 4.79. The smallest absolute Gasteiger partial charge is 0.328 e. The minimum atomic E-state index is -0.362. The lowest BCUT2D eigenvalue weighted by molar-refractivity contribution is -0.121. The van der Waals surface area contributed by atoms with Crippen LogP contribution in [0.15, 0.2) is 41.3 Å². The lowest BCUT2D eigenvalue weighted by Crippen LogP contribution is -2.28. The Kier molecular flexibility index (Phi) is 3.68. The van der Waals surface area contributed by atoms with Gasteiger partial charge in [0.15, 0.2) is 5.65 Å². The Morgan fingerprint density at radius 3 is 2.73 bits per heavy atom. The Balaban J connectivity index is 2.11. The van der Waals surface area contributed by atoms with Crippen LogP contribution in [0.4, 0.5) is 0 Å². The van der Waals surface area contributed by atoms with Gasteiger partial charge in [0.05, 0.1) is 5.52 Å². The predicted molar refractivity (Wildman–Crippen MR) is 84.9 cm³/mol. The number of amides is 1. The Labute approximate surface area is 130 Å². The maximum atomic E-state index is 12.0. The molecule has 1 amide bonds. The molecule has 0 saturated heterocycles. The number of benzene rings is 1. The van der Waals surface area contributed by atoms with Crippen LogP contribution in [0.2, 0.25) is 5.02 Å². The first kappa shape index (κ1) is 14.3. The van der Waals surface area contributed by atoms with E-state index in [9.17, 15) is 9.59 Å². The molecule has 0 aliphatic carbocycles. The van der Waals surface area contributed by atoms with Gasteiger partial charge in [-0.25, -0.2) is 9.78 Å². The molecule has 2 N–H and O–H groups in total. The number of nitrogens with one attached hydrogen (secondary N) is 2. The van der Waals surface area contributed by atoms with Crippen LogP contribution in [0.1, 0.15) is 0 Å². The zero-order valence-electron chi connectivity index (χ0n) is 11.8. The Morgan fingerprint density at radius 1 is 1.32 bits per heavy atom. The molecule has 7 heteroatoms. The molecule has 3 rings (SSSR count). The molecule has 2 heterocycles. The van der Waals surface area contributed by atoms with Gasteiger partial charge >= 0.3 is 5.69 Å². The summed E-state index contributed by atoms with van der Waals surface area (Å²) in [7, 11) is 1.53. The van der Waals surface area contributed by atoms with Crippen molar-refractivity contribution in [1.82, 2.24) is 19.9 Å². The molecule has 0 radical (unpaired) electrons. The second kappa shape index (κ2) is 5.65. The predicted octanol–water partition coefficient (Wildman–Crippen LogP) is 1.79. The molecule has 0 unspecified atom stereocenters. The van der Waals surface area contributed by atoms with Gasteiger partial charge in [0.2, 0.25) is 5.91 Å². The van der Waals surface area contributed by atoms with Crippen LogP contribution >= 0.6 is 11.6 Å². The summed E-state index contributed by atoms with van der Waals surface area (Å²) in [5.74, 6) is -0.250. The van der Waals surface area contributed by atoms with E-state index in [4.69, 9.17) is 11.6 Å². The zero-order chi connectivity index (χ0) is 15.7. The van der Waals surface area contributed by atoms with Gasteiger partial charge in [0.25, 0.3) is 0 Å². The highest BCUT2D eigenvalue weighted by Gasteiger charge is 2.12. The fraction of sp³-hybridized carbons (Fsp3) is 0.133. The maximum absolute atomic E-state index is 12.0. The van der Waals surface area contributed by atoms with Gasteiger partial charge in [-0.1, -0.05) is 23.7 Å². The van der Waals surface area contributed by atoms with Crippen molar-refractivity contribution in [2.24, 2.45) is 0 Å². The van der Waals surface area contributed by atoms with Crippen molar-refractivity contribution in [3.63, 3.8) is 0 Å². The van der Waals surface area contributed by atoms with E-state index in [1.807, 2.05) is 18.2 Å². The van der Waals surface area contributed by atoms with Crippen molar-refractivity contribution in [2.45, 2.75) is 6.54 Å². The number of hydrogen-bond donors (Lipinski definition) is 2. The standard InChI is InChI=1S/C15H13ClN4O2/c1-17-13(21)8-20-12-6-10(7-18-14(12)19-15(20)22)9-2-4-11(16)5-3-9/h2-7H,8H2,1H3,(H,17,21)(H,18,19,22). The number of H-pyrrole nitrogens is 1. The van der Waals surface area contributed by atoms with Crippen LogP contribution in [0.5, 0.6) is 0 Å². The second-order valence-corrected chi connectivity index (χ2v) is 5.22. The molecule has 112 valence electrons. The van der Waals surface area contributed by atoms with E-state index >= 15 is 0 Å². The van der Waals surface area contributed by atoms with Crippen molar-refractivity contribution in [1.29, 1.82) is 0 Å². The molecular formula is C15H13ClN4O2. The number of pyridine rings is 1. The summed E-state index contributed by atoms with van der Waals surface area (Å²) < 4.78 is 1.36. The fourth-order valence-electron chi connectivity index (χ4n) is 2.21. The molecule has 0 fully saturated rings. The average Bonchev–Trinajstić information content (AvgIpc) is 2.83. The Bertz CT molecular complexity index is 896. The third kappa shape index (κ3) is 2.60. The Hall–Kier alpha value is -2.60. The van der Waals surface area contributed by atoms with Crippen molar-refractivity contribution in [3.8, 4) is 11.1 Å². The summed E-state index contributed by atoms with van der Waals surface area (Å²) in [5.41, 5.74) is 2.44. The summed E-state index contributed by atoms with van der Waals surface area (Å²) in [6, 6.07) is 9.15. The van der Waals surface area contributed by atoms with Crippen molar-refractivity contribution in [3.05, 3.63) is 52.0 Å². The van der Waals surface area contributed by atoms with E-state index in [2.05, 4.69) is 15.3 Å². The number of halogens is 1. The molecule has 0 spiro atoms. The van der Waals surface area contributed by atoms with Crippen LogP contribution in [0, 0.1) is 0 Å². The third-order valence-electron chi connectivity index (χ3n) is 3.39. The average molecular weight is 317 g/mol. The number of aromatic amines is 1. The number of carbonyl (C=O) groups is 1. The van der Waals surface area contributed by atoms with Gasteiger partial charge in [0.1, 0.15) is 6.54 Å². The van der Waals surface area contributed by atoms with E-state index < -0.39 is 0 Å². The molecule has 1 aromatic carbocycles. The van der Waals surface area contributed by atoms with Gasteiger partial charge < -0.3 is 5.32 Å². The number of aromatic nitrogens is 3. The maximum Gasteiger partial charge on any atom is 0.328 e. The monoisotopic (exact) mass is 316 g/mol. The van der Waals surface area contributed by atoms with Gasteiger partial charge in [0, 0.05) is 23.8 Å². The van der Waals surface area contributed by atoms with E-state index in [-0.39, 0.29) is 18.1 Å². The molecule has 0 aliphatic rings. The van der Waals surface area contributed by atoms with Crippen LogP contribution in [-0.2, 0) is 11.3 Å². The van der Waals surface area contributed by atoms with Crippen LogP contribution < -0.4 is 11.0 Å². The van der Waals surface area contributed by atoms with Gasteiger partial charge in [-0.3, -0.25) is 14.3 Å². The molecule has 22 heavy (non-hydrogen) atoms. The van der Waals surface area contributed by atoms with Gasteiger partial charge in [-0.2, -0.15) is 0 Å². The first-order valence-electron chi connectivity index (χ1n) is 6.63. The van der Waals surface area contributed by atoms with E-state index in [1.165, 1.54) is 11.6 Å². The van der Waals surface area contributed by atoms with Gasteiger partial charge in [-0.05, 0) is 23.8 Å².